The molecule has 0 aromatic rings. The maximum absolute atomic E-state index is 6.01. The second kappa shape index (κ2) is 6.49. The molecular formula is C13H27NO. The number of hydrogen-bond donors (Lipinski definition) is 1. The van der Waals surface area contributed by atoms with Crippen LogP contribution in [-0.2, 0) is 4.74 Å². The normalized spacial score (nSPS) is 25.4. The van der Waals surface area contributed by atoms with Gasteiger partial charge in [-0.25, -0.2) is 0 Å². The van der Waals surface area contributed by atoms with Gasteiger partial charge in [0.1, 0.15) is 5.72 Å². The molecule has 1 N–H and O–H groups in total. The van der Waals surface area contributed by atoms with Crippen LogP contribution in [0.25, 0.3) is 0 Å². The van der Waals surface area contributed by atoms with Gasteiger partial charge in [-0.1, -0.05) is 40.0 Å². The third-order valence-corrected chi connectivity index (χ3v) is 3.26. The van der Waals surface area contributed by atoms with E-state index in [4.69, 9.17) is 4.74 Å². The molecule has 1 aliphatic rings. The summed E-state index contributed by atoms with van der Waals surface area (Å²) >= 11 is 0. The minimum Gasteiger partial charge on any atom is -0.361 e. The second-order valence-electron chi connectivity index (χ2n) is 4.76. The van der Waals surface area contributed by atoms with E-state index in [2.05, 4.69) is 26.1 Å². The Labute approximate surface area is 94.8 Å². The zero-order valence-electron chi connectivity index (χ0n) is 10.6. The van der Waals surface area contributed by atoms with Crippen molar-refractivity contribution < 1.29 is 4.74 Å². The first-order chi connectivity index (χ1) is 7.26. The highest BCUT2D eigenvalue weighted by molar-refractivity contribution is 4.85. The first kappa shape index (κ1) is 13.0. The highest BCUT2D eigenvalue weighted by Crippen LogP contribution is 2.27. The van der Waals surface area contributed by atoms with Crippen molar-refractivity contribution in [1.82, 2.24) is 5.32 Å². The zero-order valence-corrected chi connectivity index (χ0v) is 10.6. The van der Waals surface area contributed by atoms with E-state index < -0.39 is 0 Å². The molecule has 0 aliphatic carbocycles. The molecule has 0 bridgehead atoms. The largest absolute Gasteiger partial charge is 0.361 e. The van der Waals surface area contributed by atoms with Crippen molar-refractivity contribution in [1.29, 1.82) is 0 Å². The van der Waals surface area contributed by atoms with Gasteiger partial charge in [0.15, 0.2) is 0 Å². The molecule has 1 aliphatic heterocycles. The zero-order chi connectivity index (χ0) is 11.1. The molecule has 1 saturated heterocycles. The van der Waals surface area contributed by atoms with Gasteiger partial charge in [0.25, 0.3) is 0 Å². The van der Waals surface area contributed by atoms with E-state index in [0.29, 0.717) is 6.04 Å². The molecule has 90 valence electrons. The van der Waals surface area contributed by atoms with Crippen LogP contribution >= 0.6 is 0 Å². The predicted octanol–water partition coefficient (Wildman–Crippen LogP) is 3.46. The molecule has 15 heavy (non-hydrogen) atoms. The molecule has 1 rings (SSSR count). The van der Waals surface area contributed by atoms with E-state index in [9.17, 15) is 0 Å². The number of nitrogens with one attached hydrogen (secondary N) is 1. The van der Waals surface area contributed by atoms with Crippen molar-refractivity contribution >= 4 is 0 Å². The average molecular weight is 213 g/mol. The molecule has 2 nitrogen and oxygen atoms in total. The number of hydrogen-bond acceptors (Lipinski definition) is 2. The number of rotatable bonds is 6. The molecular weight excluding hydrogens is 186 g/mol. The molecule has 0 spiro atoms. The Kier molecular flexibility index (Phi) is 5.62. The molecule has 2 heteroatoms. The Morgan fingerprint density at radius 3 is 2.33 bits per heavy atom. The molecule has 1 heterocycles. The lowest BCUT2D eigenvalue weighted by Gasteiger charge is -2.42. The predicted molar refractivity (Wildman–Crippen MR) is 64.9 cm³/mol. The van der Waals surface area contributed by atoms with Crippen molar-refractivity contribution in [3.63, 3.8) is 0 Å². The summed E-state index contributed by atoms with van der Waals surface area (Å²) in [6.45, 7) is 7.69. The van der Waals surface area contributed by atoms with Crippen molar-refractivity contribution in [2.45, 2.75) is 77.5 Å². The molecule has 1 atom stereocenters. The Hall–Kier alpha value is -0.0800. The van der Waals surface area contributed by atoms with Crippen LogP contribution in [0.1, 0.15) is 65.7 Å². The van der Waals surface area contributed by atoms with E-state index in [-0.39, 0.29) is 5.72 Å². The summed E-state index contributed by atoms with van der Waals surface area (Å²) in [6, 6.07) is 0.682. The van der Waals surface area contributed by atoms with E-state index in [0.717, 1.165) is 19.4 Å². The first-order valence-corrected chi connectivity index (χ1v) is 6.68. The Morgan fingerprint density at radius 1 is 1.13 bits per heavy atom. The fourth-order valence-electron chi connectivity index (χ4n) is 2.67. The van der Waals surface area contributed by atoms with Gasteiger partial charge < -0.3 is 4.74 Å². The molecule has 1 fully saturated rings. The summed E-state index contributed by atoms with van der Waals surface area (Å²) in [7, 11) is 0. The van der Waals surface area contributed by atoms with E-state index in [1.165, 1.54) is 32.1 Å². The Bertz CT molecular complexity index is 156. The van der Waals surface area contributed by atoms with Gasteiger partial charge in [0.05, 0.1) is 6.61 Å². The SMILES string of the molecule is CCCC1CCOC(CCC)(CCC)N1. The summed E-state index contributed by atoms with van der Waals surface area (Å²) < 4.78 is 6.01. The van der Waals surface area contributed by atoms with Gasteiger partial charge in [-0.05, 0) is 25.7 Å². The third kappa shape index (κ3) is 3.76. The summed E-state index contributed by atoms with van der Waals surface area (Å²) in [4.78, 5) is 0. The minimum atomic E-state index is 0.00157. The highest BCUT2D eigenvalue weighted by atomic mass is 16.5. The smallest absolute Gasteiger partial charge is 0.119 e. The van der Waals surface area contributed by atoms with Gasteiger partial charge >= 0.3 is 0 Å². The maximum Gasteiger partial charge on any atom is 0.119 e. The minimum absolute atomic E-state index is 0.00157. The topological polar surface area (TPSA) is 21.3 Å². The van der Waals surface area contributed by atoms with E-state index >= 15 is 0 Å². The lowest BCUT2D eigenvalue weighted by atomic mass is 9.96. The molecule has 0 amide bonds. The van der Waals surface area contributed by atoms with Crippen LogP contribution in [0.2, 0.25) is 0 Å². The third-order valence-electron chi connectivity index (χ3n) is 3.26. The quantitative estimate of drug-likeness (QED) is 0.729. The van der Waals surface area contributed by atoms with Gasteiger partial charge in [-0.3, -0.25) is 5.32 Å². The van der Waals surface area contributed by atoms with Crippen LogP contribution in [0.4, 0.5) is 0 Å². The second-order valence-corrected chi connectivity index (χ2v) is 4.76. The van der Waals surface area contributed by atoms with Gasteiger partial charge in [0, 0.05) is 6.04 Å². The van der Waals surface area contributed by atoms with E-state index in [1.54, 1.807) is 0 Å². The lowest BCUT2D eigenvalue weighted by Crippen LogP contribution is -2.56. The Morgan fingerprint density at radius 2 is 1.80 bits per heavy atom. The number of ether oxygens (including phenoxy) is 1. The summed E-state index contributed by atoms with van der Waals surface area (Å²) in [5, 5.41) is 3.75. The first-order valence-electron chi connectivity index (χ1n) is 6.68. The van der Waals surface area contributed by atoms with Crippen LogP contribution in [0, 0.1) is 0 Å². The van der Waals surface area contributed by atoms with Crippen molar-refractivity contribution in [2.75, 3.05) is 6.61 Å². The molecule has 0 aromatic heterocycles. The van der Waals surface area contributed by atoms with E-state index in [1.807, 2.05) is 0 Å². The van der Waals surface area contributed by atoms with Crippen LogP contribution in [0.3, 0.4) is 0 Å². The summed E-state index contributed by atoms with van der Waals surface area (Å²) in [6.07, 6.45) is 8.45. The monoisotopic (exact) mass is 213 g/mol. The average Bonchev–Trinajstić information content (AvgIpc) is 2.19. The van der Waals surface area contributed by atoms with Crippen LogP contribution in [0.5, 0.6) is 0 Å². The van der Waals surface area contributed by atoms with Gasteiger partial charge in [0.2, 0.25) is 0 Å². The fraction of sp³-hybridized carbons (Fsp3) is 1.00. The summed E-state index contributed by atoms with van der Waals surface area (Å²) in [5.74, 6) is 0. The van der Waals surface area contributed by atoms with Crippen LogP contribution in [0.15, 0.2) is 0 Å². The highest BCUT2D eigenvalue weighted by Gasteiger charge is 2.34. The summed E-state index contributed by atoms with van der Waals surface area (Å²) in [5.41, 5.74) is 0.00157. The fourth-order valence-corrected chi connectivity index (χ4v) is 2.67. The lowest BCUT2D eigenvalue weighted by molar-refractivity contribution is -0.121. The molecule has 0 saturated carbocycles. The van der Waals surface area contributed by atoms with Crippen molar-refractivity contribution in [3.05, 3.63) is 0 Å². The molecule has 1 unspecified atom stereocenters. The van der Waals surface area contributed by atoms with Crippen molar-refractivity contribution in [2.24, 2.45) is 0 Å². The maximum atomic E-state index is 6.01. The van der Waals surface area contributed by atoms with Gasteiger partial charge in [-0.15, -0.1) is 0 Å². The molecule has 0 radical (unpaired) electrons. The van der Waals surface area contributed by atoms with Crippen molar-refractivity contribution in [3.8, 4) is 0 Å². The van der Waals surface area contributed by atoms with Crippen LogP contribution in [-0.4, -0.2) is 18.4 Å². The molecule has 0 aromatic carbocycles. The van der Waals surface area contributed by atoms with Crippen LogP contribution < -0.4 is 5.32 Å². The van der Waals surface area contributed by atoms with Gasteiger partial charge in [-0.2, -0.15) is 0 Å². The Balaban J connectivity index is 2.53. The standard InChI is InChI=1S/C13H27NO/c1-4-7-12-8-11-15-13(14-12,9-5-2)10-6-3/h12,14H,4-11H2,1-3H3.